The van der Waals surface area contributed by atoms with Crippen LogP contribution in [0.15, 0.2) is 53.4 Å². The minimum Gasteiger partial charge on any atom is -0.352 e. The molecular weight excluding hydrogens is 384 g/mol. The predicted molar refractivity (Wildman–Crippen MR) is 105 cm³/mol. The lowest BCUT2D eigenvalue weighted by Crippen LogP contribution is -2.43. The average molecular weight is 405 g/mol. The van der Waals surface area contributed by atoms with Crippen LogP contribution in [0, 0.1) is 0 Å². The Bertz CT molecular complexity index is 1030. The second-order valence-corrected chi connectivity index (χ2v) is 8.38. The lowest BCUT2D eigenvalue weighted by Gasteiger charge is -2.21. The maximum Gasteiger partial charge on any atom is 0.243 e. The van der Waals surface area contributed by atoms with Gasteiger partial charge in [0.1, 0.15) is 22.0 Å². The summed E-state index contributed by atoms with van der Waals surface area (Å²) in [5.74, 6) is -0.400. The van der Waals surface area contributed by atoms with E-state index in [0.717, 1.165) is 18.1 Å². The molecule has 0 aliphatic rings. The van der Waals surface area contributed by atoms with Crippen molar-refractivity contribution >= 4 is 38.7 Å². The van der Waals surface area contributed by atoms with Gasteiger partial charge in [0.2, 0.25) is 15.9 Å². The van der Waals surface area contributed by atoms with Crippen LogP contribution in [-0.2, 0) is 14.8 Å². The number of hydrogen-bond acceptors (Lipinski definition) is 6. The molecule has 0 spiro atoms. The number of carbonyl (C=O) groups excluding carboxylic acids is 1. The number of fused-ring (bicyclic) bond motifs is 1. The van der Waals surface area contributed by atoms with Gasteiger partial charge in [0, 0.05) is 6.04 Å². The van der Waals surface area contributed by atoms with E-state index in [2.05, 4.69) is 18.8 Å². The minimum atomic E-state index is -4.00. The quantitative estimate of drug-likeness (QED) is 0.630. The second kappa shape index (κ2) is 8.12. The van der Waals surface area contributed by atoms with Crippen LogP contribution in [0.2, 0.25) is 0 Å². The summed E-state index contributed by atoms with van der Waals surface area (Å²) in [6.07, 6.45) is 0.740. The first kappa shape index (κ1) is 19.4. The topological polar surface area (TPSA) is 101 Å². The zero-order chi connectivity index (χ0) is 19.4. The third-order valence-electron chi connectivity index (χ3n) is 4.21. The molecule has 27 heavy (non-hydrogen) atoms. The van der Waals surface area contributed by atoms with Crippen molar-refractivity contribution in [2.45, 2.75) is 37.2 Å². The van der Waals surface area contributed by atoms with Gasteiger partial charge in [-0.1, -0.05) is 43.3 Å². The molecule has 142 valence electrons. The van der Waals surface area contributed by atoms with Gasteiger partial charge in [-0.05, 0) is 31.0 Å². The van der Waals surface area contributed by atoms with Crippen LogP contribution in [0.5, 0.6) is 0 Å². The van der Waals surface area contributed by atoms with E-state index in [1.165, 1.54) is 6.07 Å². The fourth-order valence-electron chi connectivity index (χ4n) is 2.56. The second-order valence-electron chi connectivity index (χ2n) is 6.17. The van der Waals surface area contributed by atoms with E-state index in [9.17, 15) is 13.2 Å². The van der Waals surface area contributed by atoms with Gasteiger partial charge in [-0.25, -0.2) is 8.42 Å². The summed E-state index contributed by atoms with van der Waals surface area (Å²) in [5.41, 5.74) is 1.36. The van der Waals surface area contributed by atoms with Gasteiger partial charge >= 0.3 is 0 Å². The van der Waals surface area contributed by atoms with E-state index >= 15 is 0 Å². The van der Waals surface area contributed by atoms with Crippen molar-refractivity contribution in [3.63, 3.8) is 0 Å². The van der Waals surface area contributed by atoms with Gasteiger partial charge in [0.25, 0.3) is 0 Å². The van der Waals surface area contributed by atoms with Gasteiger partial charge in [-0.15, -0.1) is 0 Å². The van der Waals surface area contributed by atoms with Gasteiger partial charge in [-0.3, -0.25) is 4.79 Å². The maximum atomic E-state index is 13.0. The maximum absolute atomic E-state index is 13.0. The van der Waals surface area contributed by atoms with Crippen molar-refractivity contribution in [1.29, 1.82) is 0 Å². The molecule has 1 aromatic heterocycles. The molecule has 2 N–H and O–H groups in total. The normalized spacial score (nSPS) is 14.0. The number of nitrogens with one attached hydrogen (secondary N) is 2. The number of benzene rings is 2. The van der Waals surface area contributed by atoms with Gasteiger partial charge < -0.3 is 5.32 Å². The smallest absolute Gasteiger partial charge is 0.243 e. The van der Waals surface area contributed by atoms with E-state index in [1.807, 2.05) is 19.9 Å². The monoisotopic (exact) mass is 404 g/mol. The fraction of sp³-hybridized carbons (Fsp3) is 0.278. The van der Waals surface area contributed by atoms with Crippen LogP contribution in [0.25, 0.3) is 11.0 Å². The molecule has 1 amide bonds. The van der Waals surface area contributed by atoms with Gasteiger partial charge in [0.15, 0.2) is 0 Å². The molecule has 0 aliphatic heterocycles. The van der Waals surface area contributed by atoms with E-state index in [0.29, 0.717) is 16.6 Å². The number of amides is 1. The van der Waals surface area contributed by atoms with Crippen molar-refractivity contribution in [3.8, 4) is 0 Å². The Morgan fingerprint density at radius 2 is 1.85 bits per heavy atom. The van der Waals surface area contributed by atoms with E-state index in [4.69, 9.17) is 0 Å². The molecule has 1 heterocycles. The van der Waals surface area contributed by atoms with Crippen molar-refractivity contribution in [2.75, 3.05) is 0 Å². The fourth-order valence-corrected chi connectivity index (χ4v) is 4.51. The summed E-state index contributed by atoms with van der Waals surface area (Å²) in [5, 5.41) is 2.84. The Hall–Kier alpha value is -2.36. The number of hydrogen-bond donors (Lipinski definition) is 2. The molecule has 0 fully saturated rings. The molecule has 0 bridgehead atoms. The SMILES string of the molecule is CC[C@@H](C)NC(=O)[C@@H](NS(=O)(=O)c1cccc2nsnc12)c1ccccc1. The molecule has 2 aromatic carbocycles. The van der Waals surface area contributed by atoms with Crippen molar-refractivity contribution in [3.05, 3.63) is 54.1 Å². The lowest BCUT2D eigenvalue weighted by atomic mass is 10.1. The Morgan fingerprint density at radius 1 is 1.11 bits per heavy atom. The summed E-state index contributed by atoms with van der Waals surface area (Å²) < 4.78 is 36.8. The number of aromatic nitrogens is 2. The first-order valence-corrected chi connectivity index (χ1v) is 10.7. The zero-order valence-electron chi connectivity index (χ0n) is 14.9. The highest BCUT2D eigenvalue weighted by Crippen LogP contribution is 2.23. The molecule has 3 aromatic rings. The Labute approximate surface area is 162 Å². The summed E-state index contributed by atoms with van der Waals surface area (Å²) in [7, 11) is -4.00. The summed E-state index contributed by atoms with van der Waals surface area (Å²) in [4.78, 5) is 12.8. The number of carbonyl (C=O) groups is 1. The van der Waals surface area contributed by atoms with Crippen LogP contribution in [-0.4, -0.2) is 29.1 Å². The van der Waals surface area contributed by atoms with Gasteiger partial charge in [-0.2, -0.15) is 13.5 Å². The zero-order valence-corrected chi connectivity index (χ0v) is 16.5. The highest BCUT2D eigenvalue weighted by atomic mass is 32.2. The van der Waals surface area contributed by atoms with E-state index < -0.39 is 22.0 Å². The molecule has 0 aliphatic carbocycles. The first-order valence-electron chi connectivity index (χ1n) is 8.51. The van der Waals surface area contributed by atoms with E-state index in [-0.39, 0.29) is 10.9 Å². The van der Waals surface area contributed by atoms with Crippen molar-refractivity contribution in [2.24, 2.45) is 0 Å². The van der Waals surface area contributed by atoms with Crippen molar-refractivity contribution < 1.29 is 13.2 Å². The molecule has 2 atom stereocenters. The third-order valence-corrected chi connectivity index (χ3v) is 6.20. The molecular formula is C18H20N4O3S2. The molecule has 9 heteroatoms. The van der Waals surface area contributed by atoms with Gasteiger partial charge in [0.05, 0.1) is 11.7 Å². The number of rotatable bonds is 7. The summed E-state index contributed by atoms with van der Waals surface area (Å²) in [6, 6.07) is 12.4. The molecule has 0 saturated heterocycles. The van der Waals surface area contributed by atoms with Crippen LogP contribution >= 0.6 is 11.7 Å². The number of sulfonamides is 1. The summed E-state index contributed by atoms with van der Waals surface area (Å²) >= 11 is 0.945. The molecule has 0 radical (unpaired) electrons. The van der Waals surface area contributed by atoms with Crippen LogP contribution in [0.4, 0.5) is 0 Å². The van der Waals surface area contributed by atoms with Crippen LogP contribution < -0.4 is 10.0 Å². The molecule has 0 unspecified atom stereocenters. The highest BCUT2D eigenvalue weighted by molar-refractivity contribution is 7.89. The number of nitrogens with zero attached hydrogens (tertiary/aromatic N) is 2. The predicted octanol–water partition coefficient (Wildman–Crippen LogP) is 2.63. The van der Waals surface area contributed by atoms with Crippen molar-refractivity contribution in [1.82, 2.24) is 18.8 Å². The standard InChI is InChI=1S/C18H20N4O3S2/c1-3-12(2)19-18(23)16(13-8-5-4-6-9-13)22-27(24,25)15-11-7-10-14-17(15)21-26-20-14/h4-12,16,22H,3H2,1-2H3,(H,19,23)/t12-,16+/m1/s1. The van der Waals surface area contributed by atoms with Crippen LogP contribution in [0.1, 0.15) is 31.9 Å². The lowest BCUT2D eigenvalue weighted by molar-refractivity contribution is -0.123. The van der Waals surface area contributed by atoms with E-state index in [1.54, 1.807) is 36.4 Å². The summed E-state index contributed by atoms with van der Waals surface area (Å²) in [6.45, 7) is 3.82. The first-order chi connectivity index (χ1) is 12.9. The van der Waals surface area contributed by atoms with Crippen LogP contribution in [0.3, 0.4) is 0 Å². The Kier molecular flexibility index (Phi) is 5.83. The average Bonchev–Trinajstić information content (AvgIpc) is 3.15. The molecule has 3 rings (SSSR count). The molecule has 7 nitrogen and oxygen atoms in total. The Balaban J connectivity index is 1.98. The highest BCUT2D eigenvalue weighted by Gasteiger charge is 2.29. The third kappa shape index (κ3) is 4.32. The minimum absolute atomic E-state index is 0.00558. The largest absolute Gasteiger partial charge is 0.352 e. The molecule has 0 saturated carbocycles. The Morgan fingerprint density at radius 3 is 2.56 bits per heavy atom.